The number of aromatic nitrogens is 2. The number of amides is 4. The van der Waals surface area contributed by atoms with Crippen LogP contribution in [0.3, 0.4) is 0 Å². The zero-order valence-electron chi connectivity index (χ0n) is 14.0. The molecule has 3 heterocycles. The third-order valence-electron chi connectivity index (χ3n) is 4.54. The van der Waals surface area contributed by atoms with Gasteiger partial charge >= 0.3 is 6.03 Å². The second-order valence-corrected chi connectivity index (χ2v) is 6.42. The first-order valence-electron chi connectivity index (χ1n) is 8.08. The van der Waals surface area contributed by atoms with Crippen molar-refractivity contribution in [3.05, 3.63) is 12.3 Å². The molecule has 2 aliphatic rings. The summed E-state index contributed by atoms with van der Waals surface area (Å²) in [5, 5.41) is 9.39. The van der Waals surface area contributed by atoms with Crippen LogP contribution in [0.2, 0.25) is 0 Å². The highest BCUT2D eigenvalue weighted by Gasteiger charge is 2.43. The number of nitrogens with zero attached hydrogens (tertiary/aromatic N) is 4. The quantitative estimate of drug-likeness (QED) is 0.757. The van der Waals surface area contributed by atoms with Crippen LogP contribution in [0.5, 0.6) is 0 Å². The molecule has 2 saturated heterocycles. The summed E-state index contributed by atoms with van der Waals surface area (Å²) in [6.07, 6.45) is 1.65. The number of hydrogen-bond donors (Lipinski definition) is 2. The first-order valence-corrected chi connectivity index (χ1v) is 8.08. The number of anilines is 1. The normalized spacial score (nSPS) is 22.5. The predicted molar refractivity (Wildman–Crippen MR) is 86.3 cm³/mol. The number of imide groups is 1. The molecule has 130 valence electrons. The maximum atomic E-state index is 12.5. The molecule has 9 nitrogen and oxygen atoms in total. The van der Waals surface area contributed by atoms with E-state index in [9.17, 15) is 14.4 Å². The van der Waals surface area contributed by atoms with Crippen molar-refractivity contribution in [2.75, 3.05) is 25.0 Å². The van der Waals surface area contributed by atoms with Gasteiger partial charge in [-0.3, -0.25) is 19.8 Å². The lowest BCUT2D eigenvalue weighted by Crippen LogP contribution is -2.57. The molecule has 0 aromatic carbocycles. The number of hydrogen-bond acceptors (Lipinski definition) is 5. The number of urea groups is 1. The van der Waals surface area contributed by atoms with Crippen molar-refractivity contribution in [3.8, 4) is 0 Å². The van der Waals surface area contributed by atoms with E-state index in [0.29, 0.717) is 25.5 Å². The fourth-order valence-corrected chi connectivity index (χ4v) is 3.11. The SMILES string of the molecule is CC(C)n1nccc1NC(=O)[C@@H](C)N1CCN2C(=O)NC(=O)[C@@H]2C1. The van der Waals surface area contributed by atoms with E-state index in [1.165, 1.54) is 4.90 Å². The van der Waals surface area contributed by atoms with Gasteiger partial charge in [-0.25, -0.2) is 9.48 Å². The van der Waals surface area contributed by atoms with Crippen LogP contribution in [-0.4, -0.2) is 69.1 Å². The minimum absolute atomic E-state index is 0.141. The van der Waals surface area contributed by atoms with Gasteiger partial charge in [0, 0.05) is 31.7 Å². The fourth-order valence-electron chi connectivity index (χ4n) is 3.11. The van der Waals surface area contributed by atoms with Gasteiger partial charge < -0.3 is 10.2 Å². The molecule has 3 rings (SSSR count). The molecule has 0 unspecified atom stereocenters. The van der Waals surface area contributed by atoms with Crippen molar-refractivity contribution in [2.24, 2.45) is 0 Å². The summed E-state index contributed by atoms with van der Waals surface area (Å²) in [6.45, 7) is 7.12. The minimum atomic E-state index is -0.511. The number of fused-ring (bicyclic) bond motifs is 1. The van der Waals surface area contributed by atoms with Gasteiger partial charge in [-0.2, -0.15) is 5.10 Å². The Labute approximate surface area is 140 Å². The number of carbonyl (C=O) groups is 3. The van der Waals surface area contributed by atoms with Gasteiger partial charge in [0.2, 0.25) is 5.91 Å². The number of carbonyl (C=O) groups excluding carboxylic acids is 3. The molecule has 0 spiro atoms. The van der Waals surface area contributed by atoms with Gasteiger partial charge in [-0.05, 0) is 20.8 Å². The van der Waals surface area contributed by atoms with E-state index in [1.807, 2.05) is 18.7 Å². The molecule has 9 heteroatoms. The third kappa shape index (κ3) is 2.86. The summed E-state index contributed by atoms with van der Waals surface area (Å²) in [5.41, 5.74) is 0. The van der Waals surface area contributed by atoms with Crippen molar-refractivity contribution in [2.45, 2.75) is 38.9 Å². The summed E-state index contributed by atoms with van der Waals surface area (Å²) in [4.78, 5) is 39.4. The number of nitrogens with one attached hydrogen (secondary N) is 2. The summed E-state index contributed by atoms with van der Waals surface area (Å²) >= 11 is 0. The summed E-state index contributed by atoms with van der Waals surface area (Å²) in [5.74, 6) is 0.194. The summed E-state index contributed by atoms with van der Waals surface area (Å²) < 4.78 is 1.74. The van der Waals surface area contributed by atoms with Crippen LogP contribution in [0.4, 0.5) is 10.6 Å². The van der Waals surface area contributed by atoms with E-state index in [-0.39, 0.29) is 23.9 Å². The largest absolute Gasteiger partial charge is 0.324 e. The molecule has 0 bridgehead atoms. The molecule has 1 aromatic heterocycles. The lowest BCUT2D eigenvalue weighted by Gasteiger charge is -2.38. The molecule has 1 aromatic rings. The maximum Gasteiger partial charge on any atom is 0.324 e. The zero-order chi connectivity index (χ0) is 17.4. The topological polar surface area (TPSA) is 99.6 Å². The molecule has 2 aliphatic heterocycles. The Bertz CT molecular complexity index is 670. The van der Waals surface area contributed by atoms with Crippen molar-refractivity contribution < 1.29 is 14.4 Å². The van der Waals surface area contributed by atoms with E-state index in [4.69, 9.17) is 0 Å². The molecular formula is C15H22N6O3. The Kier molecular flexibility index (Phi) is 4.27. The van der Waals surface area contributed by atoms with Crippen LogP contribution in [0.1, 0.15) is 26.8 Å². The lowest BCUT2D eigenvalue weighted by atomic mass is 10.1. The van der Waals surface area contributed by atoms with Crippen LogP contribution in [0, 0.1) is 0 Å². The highest BCUT2D eigenvalue weighted by Crippen LogP contribution is 2.19. The second-order valence-electron chi connectivity index (χ2n) is 6.42. The third-order valence-corrected chi connectivity index (χ3v) is 4.54. The van der Waals surface area contributed by atoms with Crippen LogP contribution in [0.15, 0.2) is 12.3 Å². The van der Waals surface area contributed by atoms with Crippen LogP contribution in [-0.2, 0) is 9.59 Å². The highest BCUT2D eigenvalue weighted by molar-refractivity contribution is 6.04. The molecule has 24 heavy (non-hydrogen) atoms. The maximum absolute atomic E-state index is 12.5. The van der Waals surface area contributed by atoms with Gasteiger partial charge in [0.15, 0.2) is 0 Å². The number of rotatable bonds is 4. The van der Waals surface area contributed by atoms with E-state index in [2.05, 4.69) is 15.7 Å². The second kappa shape index (κ2) is 6.23. The highest BCUT2D eigenvalue weighted by atomic mass is 16.2. The van der Waals surface area contributed by atoms with Gasteiger partial charge in [-0.1, -0.05) is 0 Å². The van der Waals surface area contributed by atoms with Crippen molar-refractivity contribution in [3.63, 3.8) is 0 Å². The van der Waals surface area contributed by atoms with Crippen LogP contribution < -0.4 is 10.6 Å². The van der Waals surface area contributed by atoms with E-state index < -0.39 is 12.1 Å². The average Bonchev–Trinajstić information content (AvgIpc) is 3.11. The van der Waals surface area contributed by atoms with Crippen LogP contribution in [0.25, 0.3) is 0 Å². The van der Waals surface area contributed by atoms with Gasteiger partial charge in [0.1, 0.15) is 11.9 Å². The van der Waals surface area contributed by atoms with Crippen molar-refractivity contribution in [1.29, 1.82) is 0 Å². The lowest BCUT2D eigenvalue weighted by molar-refractivity contribution is -0.126. The van der Waals surface area contributed by atoms with Crippen LogP contribution >= 0.6 is 0 Å². The predicted octanol–water partition coefficient (Wildman–Crippen LogP) is 0.0270. The first kappa shape index (κ1) is 16.4. The molecule has 0 saturated carbocycles. The summed E-state index contributed by atoms with van der Waals surface area (Å²) in [6, 6.07) is 0.629. The Balaban J connectivity index is 1.65. The van der Waals surface area contributed by atoms with Gasteiger partial charge in [0.25, 0.3) is 5.91 Å². The Morgan fingerprint density at radius 2 is 2.08 bits per heavy atom. The standard InChI is InChI=1S/C15H22N6O3/c1-9(2)21-12(4-5-16-21)17-13(22)10(3)19-6-7-20-11(8-19)14(23)18-15(20)24/h4-5,9-11H,6-8H2,1-3H3,(H,17,22)(H,18,23,24)/t10-,11+/m1/s1. The Morgan fingerprint density at radius 1 is 1.33 bits per heavy atom. The molecular weight excluding hydrogens is 312 g/mol. The van der Waals surface area contributed by atoms with Crippen molar-refractivity contribution >= 4 is 23.7 Å². The van der Waals surface area contributed by atoms with E-state index >= 15 is 0 Å². The van der Waals surface area contributed by atoms with E-state index in [1.54, 1.807) is 23.9 Å². The van der Waals surface area contributed by atoms with Gasteiger partial charge in [-0.15, -0.1) is 0 Å². The van der Waals surface area contributed by atoms with Gasteiger partial charge in [0.05, 0.1) is 12.2 Å². The number of piperazine rings is 1. The average molecular weight is 334 g/mol. The van der Waals surface area contributed by atoms with E-state index in [0.717, 1.165) is 0 Å². The summed E-state index contributed by atoms with van der Waals surface area (Å²) in [7, 11) is 0. The Morgan fingerprint density at radius 3 is 2.79 bits per heavy atom. The minimum Gasteiger partial charge on any atom is -0.310 e. The fraction of sp³-hybridized carbons (Fsp3) is 0.600. The Hall–Kier alpha value is -2.42. The monoisotopic (exact) mass is 334 g/mol. The molecule has 2 fully saturated rings. The molecule has 0 aliphatic carbocycles. The molecule has 2 N–H and O–H groups in total. The van der Waals surface area contributed by atoms with Crippen molar-refractivity contribution in [1.82, 2.24) is 24.9 Å². The smallest absolute Gasteiger partial charge is 0.310 e. The first-order chi connectivity index (χ1) is 11.4. The molecule has 4 amide bonds. The molecule has 0 radical (unpaired) electrons. The molecule has 2 atom stereocenters. The zero-order valence-corrected chi connectivity index (χ0v) is 14.0.